The molecule has 8 heteroatoms. The van der Waals surface area contributed by atoms with E-state index in [0.29, 0.717) is 25.1 Å². The highest BCUT2D eigenvalue weighted by atomic mass is 32.2. The first kappa shape index (κ1) is 18.0. The quantitative estimate of drug-likeness (QED) is 0.734. The molecule has 4 rings (SSSR count). The number of hydrazone groups is 1. The first-order chi connectivity index (χ1) is 13.0. The molecule has 0 aromatic heterocycles. The molecule has 27 heavy (non-hydrogen) atoms. The first-order valence-electron chi connectivity index (χ1n) is 9.04. The van der Waals surface area contributed by atoms with Crippen LogP contribution in [0.2, 0.25) is 0 Å². The van der Waals surface area contributed by atoms with Gasteiger partial charge in [0.15, 0.2) is 6.61 Å². The molecule has 0 saturated carbocycles. The van der Waals surface area contributed by atoms with Gasteiger partial charge < -0.3 is 9.64 Å². The third-order valence-electron chi connectivity index (χ3n) is 5.25. The highest BCUT2D eigenvalue weighted by Gasteiger charge is 2.53. The number of carbonyl (C=O) groups excluding carboxylic acids is 3. The average molecular weight is 387 g/mol. The van der Waals surface area contributed by atoms with Crippen LogP contribution in [-0.4, -0.2) is 63.2 Å². The van der Waals surface area contributed by atoms with Crippen LogP contribution in [0.25, 0.3) is 0 Å². The van der Waals surface area contributed by atoms with Crippen molar-refractivity contribution in [1.29, 1.82) is 0 Å². The molecule has 2 atom stereocenters. The van der Waals surface area contributed by atoms with E-state index >= 15 is 0 Å². The van der Waals surface area contributed by atoms with Gasteiger partial charge in [-0.25, -0.2) is 9.80 Å². The molecule has 0 bridgehead atoms. The lowest BCUT2D eigenvalue weighted by molar-refractivity contribution is -0.158. The Morgan fingerprint density at radius 2 is 2.07 bits per heavy atom. The van der Waals surface area contributed by atoms with Gasteiger partial charge in [0.05, 0.1) is 17.1 Å². The van der Waals surface area contributed by atoms with Gasteiger partial charge in [0.2, 0.25) is 5.91 Å². The number of carbonyl (C=O) groups is 3. The fourth-order valence-corrected chi connectivity index (χ4v) is 5.19. The number of esters is 1. The minimum atomic E-state index is -0.607. The summed E-state index contributed by atoms with van der Waals surface area (Å²) < 4.78 is 5.24. The number of rotatable bonds is 4. The molecule has 0 radical (unpaired) electrons. The number of amides is 2. The smallest absolute Gasteiger partial charge is 0.330 e. The molecular formula is C19H21N3O4S. The van der Waals surface area contributed by atoms with Crippen molar-refractivity contribution in [2.24, 2.45) is 5.10 Å². The van der Waals surface area contributed by atoms with Gasteiger partial charge in [-0.1, -0.05) is 30.3 Å². The van der Waals surface area contributed by atoms with Gasteiger partial charge in [0.25, 0.3) is 5.91 Å². The number of ether oxygens (including phenoxy) is 1. The van der Waals surface area contributed by atoms with Gasteiger partial charge in [-0.15, -0.1) is 11.8 Å². The van der Waals surface area contributed by atoms with Crippen molar-refractivity contribution in [3.8, 4) is 0 Å². The summed E-state index contributed by atoms with van der Waals surface area (Å²) in [5.41, 5.74) is 1.83. The van der Waals surface area contributed by atoms with E-state index in [1.165, 1.54) is 5.01 Å². The molecule has 2 amide bonds. The molecule has 142 valence electrons. The van der Waals surface area contributed by atoms with Crippen LogP contribution in [0, 0.1) is 0 Å². The van der Waals surface area contributed by atoms with Crippen molar-refractivity contribution in [2.75, 3.05) is 18.9 Å². The van der Waals surface area contributed by atoms with Crippen LogP contribution in [0.3, 0.4) is 0 Å². The zero-order chi connectivity index (χ0) is 19.0. The molecule has 0 N–H and O–H groups in total. The summed E-state index contributed by atoms with van der Waals surface area (Å²) in [7, 11) is 0. The summed E-state index contributed by atoms with van der Waals surface area (Å²) in [6.07, 6.45) is 1.87. The summed E-state index contributed by atoms with van der Waals surface area (Å²) in [6, 6.07) is 9.08. The lowest BCUT2D eigenvalue weighted by Gasteiger charge is -2.29. The third kappa shape index (κ3) is 3.34. The van der Waals surface area contributed by atoms with Crippen molar-refractivity contribution < 1.29 is 19.1 Å². The van der Waals surface area contributed by atoms with Crippen LogP contribution in [0.1, 0.15) is 31.7 Å². The number of nitrogens with zero attached hydrogens (tertiary/aromatic N) is 3. The maximum atomic E-state index is 12.4. The molecule has 2 fully saturated rings. The Kier molecular flexibility index (Phi) is 4.67. The van der Waals surface area contributed by atoms with Gasteiger partial charge in [0.1, 0.15) is 6.04 Å². The Balaban J connectivity index is 1.34. The van der Waals surface area contributed by atoms with E-state index in [1.54, 1.807) is 16.7 Å². The van der Waals surface area contributed by atoms with Gasteiger partial charge in [-0.3, -0.25) is 9.59 Å². The topological polar surface area (TPSA) is 79.3 Å². The van der Waals surface area contributed by atoms with Crippen molar-refractivity contribution >= 4 is 35.3 Å². The predicted octanol–water partition coefficient (Wildman–Crippen LogP) is 1.62. The normalized spacial score (nSPS) is 26.9. The Morgan fingerprint density at radius 3 is 2.85 bits per heavy atom. The SMILES string of the molecule is C[C@]12CCC(=O)N1[C@@H](C(=O)OCC(=O)N1CCC(c3ccccc3)=N1)CS2. The van der Waals surface area contributed by atoms with Crippen molar-refractivity contribution in [3.63, 3.8) is 0 Å². The van der Waals surface area contributed by atoms with E-state index in [4.69, 9.17) is 4.74 Å². The highest BCUT2D eigenvalue weighted by Crippen LogP contribution is 2.47. The van der Waals surface area contributed by atoms with E-state index in [0.717, 1.165) is 17.7 Å². The molecule has 1 aromatic rings. The van der Waals surface area contributed by atoms with Gasteiger partial charge in [-0.05, 0) is 18.9 Å². The van der Waals surface area contributed by atoms with Crippen molar-refractivity contribution in [2.45, 2.75) is 37.1 Å². The predicted molar refractivity (Wildman–Crippen MR) is 101 cm³/mol. The second kappa shape index (κ2) is 6.99. The van der Waals surface area contributed by atoms with E-state index in [9.17, 15) is 14.4 Å². The third-order valence-corrected chi connectivity index (χ3v) is 6.76. The van der Waals surface area contributed by atoms with Crippen LogP contribution in [0.5, 0.6) is 0 Å². The molecule has 2 saturated heterocycles. The fraction of sp³-hybridized carbons (Fsp3) is 0.474. The van der Waals surface area contributed by atoms with Crippen LogP contribution < -0.4 is 0 Å². The Hall–Kier alpha value is -2.35. The Bertz CT molecular complexity index is 812. The number of hydrogen-bond donors (Lipinski definition) is 0. The number of thioether (sulfide) groups is 1. The summed E-state index contributed by atoms with van der Waals surface area (Å²) in [6.45, 7) is 2.10. The van der Waals surface area contributed by atoms with Gasteiger partial charge in [-0.2, -0.15) is 5.10 Å². The highest BCUT2D eigenvalue weighted by molar-refractivity contribution is 8.01. The number of benzene rings is 1. The maximum Gasteiger partial charge on any atom is 0.330 e. The average Bonchev–Trinajstić information content (AvgIpc) is 3.36. The number of fused-ring (bicyclic) bond motifs is 1. The standard InChI is InChI=1S/C19H21N3O4S/c1-19-9-7-16(23)22(19)15(12-27-19)18(25)26-11-17(24)21-10-8-14(20-21)13-5-3-2-4-6-13/h2-6,15H,7-12H2,1H3/t15-,19+/m1/s1. The summed E-state index contributed by atoms with van der Waals surface area (Å²) in [5.74, 6) is -0.376. The molecule has 3 aliphatic rings. The van der Waals surface area contributed by atoms with Crippen LogP contribution >= 0.6 is 11.8 Å². The number of hydrogen-bond acceptors (Lipinski definition) is 6. The summed E-state index contributed by atoms with van der Waals surface area (Å²) in [4.78, 5) is 38.2. The molecule has 0 aliphatic carbocycles. The Morgan fingerprint density at radius 1 is 1.30 bits per heavy atom. The second-order valence-corrected chi connectivity index (χ2v) is 8.55. The molecule has 7 nitrogen and oxygen atoms in total. The van der Waals surface area contributed by atoms with Gasteiger partial charge in [0, 0.05) is 18.6 Å². The Labute approximate surface area is 161 Å². The monoisotopic (exact) mass is 387 g/mol. The lowest BCUT2D eigenvalue weighted by Crippen LogP contribution is -2.47. The van der Waals surface area contributed by atoms with Crippen molar-refractivity contribution in [1.82, 2.24) is 9.91 Å². The second-order valence-electron chi connectivity index (χ2n) is 7.05. The van der Waals surface area contributed by atoms with Crippen LogP contribution in [0.4, 0.5) is 0 Å². The molecule has 0 spiro atoms. The van der Waals surface area contributed by atoms with E-state index < -0.39 is 12.0 Å². The largest absolute Gasteiger partial charge is 0.454 e. The summed E-state index contributed by atoms with van der Waals surface area (Å²) >= 11 is 1.60. The molecule has 0 unspecified atom stereocenters. The molecule has 1 aromatic carbocycles. The van der Waals surface area contributed by atoms with E-state index in [-0.39, 0.29) is 23.3 Å². The molecular weight excluding hydrogens is 366 g/mol. The lowest BCUT2D eigenvalue weighted by atomic mass is 10.1. The first-order valence-corrected chi connectivity index (χ1v) is 10.0. The zero-order valence-electron chi connectivity index (χ0n) is 15.1. The molecule has 3 aliphatic heterocycles. The van der Waals surface area contributed by atoms with Crippen LogP contribution in [-0.2, 0) is 19.1 Å². The molecule has 3 heterocycles. The minimum absolute atomic E-state index is 0.0209. The van der Waals surface area contributed by atoms with E-state index in [2.05, 4.69) is 5.10 Å². The maximum absolute atomic E-state index is 12.4. The fourth-order valence-electron chi connectivity index (χ4n) is 3.77. The van der Waals surface area contributed by atoms with Crippen molar-refractivity contribution in [3.05, 3.63) is 35.9 Å². The summed E-state index contributed by atoms with van der Waals surface area (Å²) in [5, 5.41) is 5.70. The minimum Gasteiger partial charge on any atom is -0.454 e. The van der Waals surface area contributed by atoms with E-state index in [1.807, 2.05) is 37.3 Å². The van der Waals surface area contributed by atoms with Gasteiger partial charge >= 0.3 is 5.97 Å². The zero-order valence-corrected chi connectivity index (χ0v) is 15.9. The van der Waals surface area contributed by atoms with Crippen LogP contribution in [0.15, 0.2) is 35.4 Å².